The third kappa shape index (κ3) is 5.25. The zero-order valence-electron chi connectivity index (χ0n) is 13.2. The molecule has 0 fully saturated rings. The van der Waals surface area contributed by atoms with Crippen molar-refractivity contribution in [3.63, 3.8) is 0 Å². The van der Waals surface area contributed by atoms with Gasteiger partial charge < -0.3 is 20.5 Å². The highest BCUT2D eigenvalue weighted by Gasteiger charge is 2.21. The molecule has 0 heterocycles. The van der Waals surface area contributed by atoms with Crippen LogP contribution >= 0.6 is 0 Å². The number of hydrogen-bond donors (Lipinski definition) is 2. The Morgan fingerprint density at radius 1 is 1.32 bits per heavy atom. The van der Waals surface area contributed by atoms with Crippen molar-refractivity contribution in [3.05, 3.63) is 29.3 Å². The van der Waals surface area contributed by atoms with Gasteiger partial charge in [-0.2, -0.15) is 0 Å². The number of nitrogens with one attached hydrogen (secondary N) is 1. The van der Waals surface area contributed by atoms with Crippen molar-refractivity contribution in [1.82, 2.24) is 10.2 Å². The predicted octanol–water partition coefficient (Wildman–Crippen LogP) is 1.77. The summed E-state index contributed by atoms with van der Waals surface area (Å²) in [5.41, 5.74) is 7.49. The van der Waals surface area contributed by atoms with E-state index in [0.717, 1.165) is 16.0 Å². The van der Waals surface area contributed by atoms with Gasteiger partial charge in [0.2, 0.25) is 0 Å². The van der Waals surface area contributed by atoms with E-state index in [4.69, 9.17) is 15.2 Å². The summed E-state index contributed by atoms with van der Waals surface area (Å²) in [7, 11) is 0. The summed E-state index contributed by atoms with van der Waals surface area (Å²) in [6, 6.07) is 5.13. The molecule has 22 heavy (non-hydrogen) atoms. The second-order valence-electron chi connectivity index (χ2n) is 4.68. The molecule has 1 aromatic carbocycles. The molecule has 122 valence electrons. The lowest BCUT2D eigenvalue weighted by Gasteiger charge is -2.20. The maximum absolute atomic E-state index is 12.0. The Bertz CT molecular complexity index is 520. The number of benzene rings is 1. The fraction of sp³-hybridized carbons (Fsp3) is 0.467. The molecule has 1 rings (SSSR count). The third-order valence-electron chi connectivity index (χ3n) is 2.87. The number of aryl methyl sites for hydroxylation is 2. The third-order valence-corrected chi connectivity index (χ3v) is 2.87. The summed E-state index contributed by atoms with van der Waals surface area (Å²) in [6.45, 7) is 5.94. The first-order valence-electron chi connectivity index (χ1n) is 7.11. The average Bonchev–Trinajstić information content (AvgIpc) is 2.47. The summed E-state index contributed by atoms with van der Waals surface area (Å²) in [6.07, 6.45) is -0.725. The summed E-state index contributed by atoms with van der Waals surface area (Å²) in [5.74, 6) is 0.674. The summed E-state index contributed by atoms with van der Waals surface area (Å²) < 4.78 is 10.3. The van der Waals surface area contributed by atoms with Crippen LogP contribution in [0.2, 0.25) is 0 Å². The lowest BCUT2D eigenvalue weighted by molar-refractivity contribution is 0.113. The smallest absolute Gasteiger partial charge is 0.418 e. The molecule has 1 aromatic rings. The van der Waals surface area contributed by atoms with Crippen molar-refractivity contribution in [3.8, 4) is 5.75 Å². The number of hydrogen-bond acceptors (Lipinski definition) is 5. The van der Waals surface area contributed by atoms with Crippen LogP contribution in [-0.2, 0) is 4.74 Å². The zero-order chi connectivity index (χ0) is 16.5. The minimum absolute atomic E-state index is 0.0524. The Kier molecular flexibility index (Phi) is 7.18. The summed E-state index contributed by atoms with van der Waals surface area (Å²) in [5, 5.41) is 2.51. The van der Waals surface area contributed by atoms with Crippen LogP contribution in [0.25, 0.3) is 0 Å². The molecule has 3 amide bonds. The highest BCUT2D eigenvalue weighted by molar-refractivity contribution is 5.90. The van der Waals surface area contributed by atoms with Gasteiger partial charge in [-0.25, -0.2) is 14.5 Å². The Morgan fingerprint density at radius 2 is 2.05 bits per heavy atom. The zero-order valence-corrected chi connectivity index (χ0v) is 13.2. The van der Waals surface area contributed by atoms with Crippen LogP contribution in [0.3, 0.4) is 0 Å². The molecule has 0 radical (unpaired) electrons. The highest BCUT2D eigenvalue weighted by atomic mass is 16.6. The van der Waals surface area contributed by atoms with E-state index in [-0.39, 0.29) is 26.4 Å². The van der Waals surface area contributed by atoms with Crippen LogP contribution in [0, 0.1) is 13.8 Å². The molecule has 7 nitrogen and oxygen atoms in total. The van der Waals surface area contributed by atoms with E-state index in [0.29, 0.717) is 5.75 Å². The van der Waals surface area contributed by atoms with Gasteiger partial charge in [0, 0.05) is 13.1 Å². The van der Waals surface area contributed by atoms with Crippen molar-refractivity contribution in [2.45, 2.75) is 20.8 Å². The largest absolute Gasteiger partial charge is 0.473 e. The second-order valence-corrected chi connectivity index (χ2v) is 4.68. The fourth-order valence-corrected chi connectivity index (χ4v) is 1.84. The number of ether oxygens (including phenoxy) is 2. The number of urea groups is 1. The molecule has 0 unspecified atom stereocenters. The molecule has 0 saturated heterocycles. The Labute approximate surface area is 130 Å². The van der Waals surface area contributed by atoms with Crippen molar-refractivity contribution in [1.29, 1.82) is 0 Å². The van der Waals surface area contributed by atoms with Crippen molar-refractivity contribution in [2.24, 2.45) is 5.73 Å². The Balaban J connectivity index is 2.54. The summed E-state index contributed by atoms with van der Waals surface area (Å²) >= 11 is 0. The normalized spacial score (nSPS) is 10.0. The maximum atomic E-state index is 12.0. The van der Waals surface area contributed by atoms with E-state index < -0.39 is 12.1 Å². The van der Waals surface area contributed by atoms with Crippen LogP contribution in [0.4, 0.5) is 9.59 Å². The van der Waals surface area contributed by atoms with Gasteiger partial charge in [-0.05, 0) is 32.4 Å². The lowest BCUT2D eigenvalue weighted by atomic mass is 10.1. The van der Waals surface area contributed by atoms with Crippen molar-refractivity contribution < 1.29 is 19.1 Å². The number of rotatable bonds is 6. The first-order valence-corrected chi connectivity index (χ1v) is 7.11. The van der Waals surface area contributed by atoms with E-state index in [1.54, 1.807) is 6.92 Å². The highest BCUT2D eigenvalue weighted by Crippen LogP contribution is 2.18. The number of amides is 3. The molecule has 0 spiro atoms. The van der Waals surface area contributed by atoms with Crippen molar-refractivity contribution >= 4 is 12.1 Å². The monoisotopic (exact) mass is 309 g/mol. The van der Waals surface area contributed by atoms with Gasteiger partial charge in [0.15, 0.2) is 6.73 Å². The second kappa shape index (κ2) is 8.89. The Morgan fingerprint density at radius 3 is 2.64 bits per heavy atom. The van der Waals surface area contributed by atoms with E-state index in [1.807, 2.05) is 32.0 Å². The number of imide groups is 1. The molecule has 3 N–H and O–H groups in total. The van der Waals surface area contributed by atoms with Crippen LogP contribution in [0.1, 0.15) is 18.1 Å². The number of nitrogens with zero attached hydrogens (tertiary/aromatic N) is 1. The van der Waals surface area contributed by atoms with Crippen LogP contribution in [0.15, 0.2) is 18.2 Å². The van der Waals surface area contributed by atoms with Gasteiger partial charge >= 0.3 is 12.1 Å². The molecule has 0 atom stereocenters. The van der Waals surface area contributed by atoms with Crippen LogP contribution < -0.4 is 15.8 Å². The van der Waals surface area contributed by atoms with Gasteiger partial charge in [0.25, 0.3) is 0 Å². The average molecular weight is 309 g/mol. The number of carbonyl (C=O) groups is 2. The van der Waals surface area contributed by atoms with E-state index in [9.17, 15) is 9.59 Å². The topological polar surface area (TPSA) is 93.9 Å². The molecule has 7 heteroatoms. The summed E-state index contributed by atoms with van der Waals surface area (Å²) in [4.78, 5) is 24.5. The van der Waals surface area contributed by atoms with E-state index in [1.165, 1.54) is 0 Å². The van der Waals surface area contributed by atoms with Gasteiger partial charge in [-0.15, -0.1) is 0 Å². The molecule has 0 bridgehead atoms. The SMILES string of the molecule is CCOC(=O)N(CCN)C(=O)NCOc1ccc(C)cc1C. The van der Waals surface area contributed by atoms with Gasteiger partial charge in [0.05, 0.1) is 6.61 Å². The Hall–Kier alpha value is -2.28. The molecular formula is C15H23N3O4. The number of nitrogens with two attached hydrogens (primary N) is 1. The fourth-order valence-electron chi connectivity index (χ4n) is 1.84. The lowest BCUT2D eigenvalue weighted by Crippen LogP contribution is -2.47. The molecule has 0 saturated carbocycles. The van der Waals surface area contributed by atoms with Gasteiger partial charge in [0.1, 0.15) is 5.75 Å². The van der Waals surface area contributed by atoms with Crippen molar-refractivity contribution in [2.75, 3.05) is 26.4 Å². The quantitative estimate of drug-likeness (QED) is 0.781. The number of carbonyl (C=O) groups excluding carboxylic acids is 2. The van der Waals surface area contributed by atoms with Gasteiger partial charge in [-0.3, -0.25) is 0 Å². The maximum Gasteiger partial charge on any atom is 0.418 e. The van der Waals surface area contributed by atoms with E-state index in [2.05, 4.69) is 5.32 Å². The molecule has 0 aromatic heterocycles. The molecule has 0 aliphatic rings. The minimum Gasteiger partial charge on any atom is -0.473 e. The standard InChI is InChI=1S/C15H23N3O4/c1-4-21-15(20)18(8-7-16)14(19)17-10-22-13-6-5-11(2)9-12(13)3/h5-6,9H,4,7-8,10,16H2,1-3H3,(H,17,19). The minimum atomic E-state index is -0.725. The van der Waals surface area contributed by atoms with Crippen LogP contribution in [0.5, 0.6) is 5.75 Å². The molecule has 0 aliphatic carbocycles. The predicted molar refractivity (Wildman–Crippen MR) is 82.7 cm³/mol. The molecular weight excluding hydrogens is 286 g/mol. The first-order chi connectivity index (χ1) is 10.5. The molecule has 0 aliphatic heterocycles. The van der Waals surface area contributed by atoms with Crippen LogP contribution in [-0.4, -0.2) is 43.5 Å². The van der Waals surface area contributed by atoms with E-state index >= 15 is 0 Å². The first kappa shape index (κ1) is 17.8. The van der Waals surface area contributed by atoms with Gasteiger partial charge in [-0.1, -0.05) is 17.7 Å².